The van der Waals surface area contributed by atoms with Gasteiger partial charge in [-0.15, -0.1) is 23.5 Å². The van der Waals surface area contributed by atoms with E-state index in [-0.39, 0.29) is 85.6 Å². The van der Waals surface area contributed by atoms with Crippen LogP contribution in [-0.4, -0.2) is 206 Å². The smallest absolute Gasteiger partial charge is 0.375 e. The normalized spacial score (nSPS) is 27.0. The molecule has 117 heavy (non-hydrogen) atoms. The second-order valence-corrected chi connectivity index (χ2v) is 34.4. The molecule has 8 aromatic rings. The number of hydrogen-bond donors (Lipinski definition) is 9. The van der Waals surface area contributed by atoms with Gasteiger partial charge >= 0.3 is 23.9 Å². The van der Waals surface area contributed by atoms with Crippen LogP contribution in [0.5, 0.6) is 46.0 Å². The highest BCUT2D eigenvalue weighted by Gasteiger charge is 2.64. The Hall–Kier alpha value is -10.7. The summed E-state index contributed by atoms with van der Waals surface area (Å²) < 4.78 is 47.9. The minimum atomic E-state index is -1.55. The van der Waals surface area contributed by atoms with Crippen molar-refractivity contribution in [1.82, 2.24) is 34.9 Å². The van der Waals surface area contributed by atoms with Crippen LogP contribution in [0.4, 0.5) is 0 Å². The highest BCUT2D eigenvalue weighted by Crippen LogP contribution is 2.66. The van der Waals surface area contributed by atoms with Crippen LogP contribution in [0, 0.1) is 78.1 Å². The van der Waals surface area contributed by atoms with Gasteiger partial charge in [-0.3, -0.25) is 44.1 Å². The third kappa shape index (κ3) is 12.6. The van der Waals surface area contributed by atoms with E-state index in [9.17, 15) is 49.8 Å². The lowest BCUT2D eigenvalue weighted by Gasteiger charge is -2.62. The number of likely N-dealkylation sites (N-methyl/N-ethyl adjacent to an activating group) is 2. The molecule has 29 nitrogen and oxygen atoms in total. The number of aromatic hydroxyl groups is 2. The lowest BCUT2D eigenvalue weighted by atomic mass is 9.71. The first-order valence-electron chi connectivity index (χ1n) is 38.8. The molecular weight excluding hydrogens is 1540 g/mol. The molecule has 0 amide bonds. The SMILES string of the molecule is CC(=O)O.COc1c(C)cc2c(c1O)[C@@H]1[C@@H]3[C@@H]4SCC(=O)C(=O)OC[C@@H](c5c6c(c(C)c(C)c54)OCO6)N3[C@@H](C#N)[C@H](C2)N1C.COc1c(C)cc2c(c1O)[C@@H]1[C@@H]3[C@@H]4SC[C@]5(N[C@@H](C(=O)O)Cc6c5[nH]c5ccc(C)cc65)C(=O)OC[C@@H](c5c6c(c(C)c(C)c54)OCO6)N3[C@@H](C#N)[C@H](C2)N1C.Cc1ccc2[nH]cc(C[C@@H](N)C(=O)O)c2c1. The summed E-state index contributed by atoms with van der Waals surface area (Å²) in [6, 6.07) is 15.2. The number of Topliss-reactive ketones (excluding diaryl/α,β-unsaturated/α-hetero) is 1. The summed E-state index contributed by atoms with van der Waals surface area (Å²) in [7, 11) is 7.15. The fourth-order valence-corrected chi connectivity index (χ4v) is 23.7. The molecule has 1 spiro atoms. The van der Waals surface area contributed by atoms with Crippen molar-refractivity contribution in [2.75, 3.05) is 66.6 Å². The molecule has 8 bridgehead atoms. The van der Waals surface area contributed by atoms with Gasteiger partial charge in [0.1, 0.15) is 37.4 Å². The van der Waals surface area contributed by atoms with E-state index in [1.165, 1.54) is 11.8 Å². The van der Waals surface area contributed by atoms with E-state index in [0.717, 1.165) is 129 Å². The monoisotopic (exact) mass is 1630 g/mol. The number of phenols is 2. The van der Waals surface area contributed by atoms with E-state index in [4.69, 9.17) is 58.6 Å². The average molecular weight is 1630 g/mol. The average Bonchev–Trinajstić information content (AvgIpc) is 1.69. The zero-order valence-corrected chi connectivity index (χ0v) is 68.5. The van der Waals surface area contributed by atoms with Gasteiger partial charge in [0, 0.05) is 110 Å². The van der Waals surface area contributed by atoms with Crippen molar-refractivity contribution in [1.29, 1.82) is 10.5 Å². The molecule has 6 aromatic carbocycles. The number of benzene rings is 6. The van der Waals surface area contributed by atoms with Gasteiger partial charge in [0.15, 0.2) is 51.5 Å². The van der Waals surface area contributed by atoms with Crippen molar-refractivity contribution >= 4 is 81.0 Å². The summed E-state index contributed by atoms with van der Waals surface area (Å²) in [6.07, 6.45) is 3.45. The van der Waals surface area contributed by atoms with Crippen molar-refractivity contribution in [3.8, 4) is 58.1 Å². The minimum absolute atomic E-state index is 0.0438. The van der Waals surface area contributed by atoms with E-state index >= 15 is 0 Å². The number of nitrogens with two attached hydrogens (primary N) is 1. The standard InChI is InChI=1S/C42H43N5O8S.C30H31N3O7S.C12H14N2O2.C2H4O2/c1-17-7-8-24-22(9-17)23-12-25(40(49)50)45-42(39(23)44-24)15-56-38-29-19(3)20(4)36-37(55-16-54-36)31(29)28(14-53-41(42)51)47-27(13-43)26-11-21-10-18(2)35(52-6)34(48)30(21)32(33(38)47)46(26)5;1-12-6-15-7-16-17(8-31)33-18-9-38-30(36)19(34)10-41-29(20-13(2)14(3)27-28(22(18)20)40-11-39-27)24(33)23(32(16)4)21(15)25(35)26(12)37-5;1-7-2-3-11-9(4-7)8(6-14-11)5-10(13)12(15)16;1-2(3)4/h7-10,25-28,32-33,38,44-45,48H,11-12,14-16H2,1-6H3,(H,49,50);6,16-18,23-24,29,35H,7,9-11H2,1-5H3;2-4,6,10,14H,5,13H2,1H3,(H,15,16);1H3,(H,3,4)/t25-,26+,27+,28+,32-,33-,38-,42-;16-,17-,18-,23+,24+,29+;10-;/m101./s1. The molecule has 31 heteroatoms. The van der Waals surface area contributed by atoms with Gasteiger partial charge in [-0.25, -0.2) is 9.59 Å². The topological polar surface area (TPSA) is 408 Å². The number of nitrogens with zero attached hydrogens (tertiary/aromatic N) is 6. The second kappa shape index (κ2) is 30.3. The molecule has 4 saturated heterocycles. The van der Waals surface area contributed by atoms with Gasteiger partial charge in [-0.1, -0.05) is 35.4 Å². The number of aromatic amines is 2. The van der Waals surface area contributed by atoms with Crippen LogP contribution in [0.2, 0.25) is 0 Å². The fraction of sp³-hybridized carbons (Fsp3) is 0.442. The number of hydrogen-bond acceptors (Lipinski definition) is 26. The molecule has 0 radical (unpaired) electrons. The quantitative estimate of drug-likeness (QED) is 0.0552. The van der Waals surface area contributed by atoms with Crippen LogP contribution in [0.3, 0.4) is 0 Å². The summed E-state index contributed by atoms with van der Waals surface area (Å²) in [6.45, 7) is 16.9. The number of piperazine rings is 2. The molecule has 12 aliphatic heterocycles. The number of fused-ring (bicyclic) bond motifs is 21. The van der Waals surface area contributed by atoms with Crippen LogP contribution in [-0.2, 0) is 69.5 Å². The number of carbonyl (C=O) groups is 6. The van der Waals surface area contributed by atoms with Crippen molar-refractivity contribution in [2.24, 2.45) is 5.73 Å². The number of ketones is 1. The van der Waals surface area contributed by atoms with E-state index in [0.29, 0.717) is 59.5 Å². The van der Waals surface area contributed by atoms with E-state index in [1.807, 2.05) is 105 Å². The number of rotatable bonds is 6. The van der Waals surface area contributed by atoms with Crippen molar-refractivity contribution < 1.29 is 92.2 Å². The summed E-state index contributed by atoms with van der Waals surface area (Å²) in [4.78, 5) is 88.5. The van der Waals surface area contributed by atoms with Crippen molar-refractivity contribution in [2.45, 2.75) is 177 Å². The number of thioether (sulfide) groups is 2. The molecule has 14 heterocycles. The molecule has 0 aliphatic carbocycles. The Kier molecular flexibility index (Phi) is 20.7. The number of H-pyrrole nitrogens is 2. The summed E-state index contributed by atoms with van der Waals surface area (Å²) in [5, 5.41) is 76.8. The Morgan fingerprint density at radius 2 is 1.13 bits per heavy atom. The Morgan fingerprint density at radius 3 is 1.62 bits per heavy atom. The van der Waals surface area contributed by atoms with Gasteiger partial charge in [-0.05, 0) is 173 Å². The van der Waals surface area contributed by atoms with Crippen molar-refractivity contribution in [3.05, 3.63) is 161 Å². The van der Waals surface area contributed by atoms with Gasteiger partial charge in [-0.2, -0.15) is 10.5 Å². The van der Waals surface area contributed by atoms with Crippen LogP contribution in [0.25, 0.3) is 21.8 Å². The third-order valence-electron chi connectivity index (χ3n) is 25.9. The van der Waals surface area contributed by atoms with Crippen LogP contribution in [0.15, 0.2) is 54.7 Å². The first-order valence-corrected chi connectivity index (χ1v) is 40.9. The van der Waals surface area contributed by atoms with E-state index in [1.54, 1.807) is 26.0 Å². The van der Waals surface area contributed by atoms with Gasteiger partial charge in [0.25, 0.3) is 5.97 Å². The Morgan fingerprint density at radius 1 is 0.641 bits per heavy atom. The number of carboxylic acid groups (broad SMARTS) is 3. The number of aromatic nitrogens is 2. The Bertz CT molecular complexity index is 5630. The van der Waals surface area contributed by atoms with Crippen LogP contribution < -0.4 is 39.5 Å². The summed E-state index contributed by atoms with van der Waals surface area (Å²) in [5.41, 5.74) is 23.1. The minimum Gasteiger partial charge on any atom is -0.504 e. The first-order chi connectivity index (χ1) is 55.9. The third-order valence-corrected chi connectivity index (χ3v) is 28.6. The maximum Gasteiger partial charge on any atom is 0.375 e. The summed E-state index contributed by atoms with van der Waals surface area (Å²) >= 11 is 2.93. The number of carboxylic acids is 3. The Balaban J connectivity index is 0.000000146. The first kappa shape index (κ1) is 80.1. The molecule has 0 unspecified atom stereocenters. The molecule has 2 aromatic heterocycles. The number of aryl methyl sites for hydroxylation is 4. The zero-order valence-electron chi connectivity index (χ0n) is 66.9. The predicted molar refractivity (Wildman–Crippen MR) is 430 cm³/mol. The zero-order chi connectivity index (χ0) is 83.3. The number of phenolic OH excluding ortho intramolecular Hbond substituents is 2. The molecule has 15 atom stereocenters. The van der Waals surface area contributed by atoms with Gasteiger partial charge < -0.3 is 79.1 Å². The van der Waals surface area contributed by atoms with Crippen LogP contribution >= 0.6 is 23.5 Å². The number of methoxy groups -OCH3 is 2. The van der Waals surface area contributed by atoms with Crippen molar-refractivity contribution in [3.63, 3.8) is 0 Å². The van der Waals surface area contributed by atoms with Gasteiger partial charge in [0.05, 0.1) is 62.0 Å². The molecule has 10 N–H and O–H groups in total. The number of cyclic esters (lactones) is 1. The number of nitriles is 2. The molecule has 0 saturated carbocycles. The van der Waals surface area contributed by atoms with E-state index in [2.05, 4.69) is 66.1 Å². The molecule has 20 rings (SSSR count). The fourth-order valence-electron chi connectivity index (χ4n) is 20.6. The predicted octanol–water partition coefficient (Wildman–Crippen LogP) is 9.60. The van der Waals surface area contributed by atoms with E-state index < -0.39 is 94.8 Å². The highest BCUT2D eigenvalue weighted by atomic mass is 32.2. The summed E-state index contributed by atoms with van der Waals surface area (Å²) in [5.74, 6) is -1.31. The molecular formula is C86H92N10O19S2. The maximum absolute atomic E-state index is 15.0. The lowest BCUT2D eigenvalue weighted by Crippen LogP contribution is -2.70. The lowest BCUT2D eigenvalue weighted by molar-refractivity contribution is -0.159. The number of ether oxygens (including phenoxy) is 8. The second-order valence-electron chi connectivity index (χ2n) is 32.2. The maximum atomic E-state index is 15.0. The largest absolute Gasteiger partial charge is 0.504 e. The number of esters is 2. The number of carbonyl (C=O) groups excluding carboxylic acids is 3. The molecule has 4 fully saturated rings. The number of nitrogens with one attached hydrogen (secondary N) is 3. The Labute approximate surface area is 682 Å². The number of aliphatic carboxylic acids is 3. The highest BCUT2D eigenvalue weighted by molar-refractivity contribution is 8.00. The van der Waals surface area contributed by atoms with Gasteiger partial charge in [0.2, 0.25) is 19.4 Å². The van der Waals surface area contributed by atoms with Crippen LogP contribution in [0.1, 0.15) is 147 Å². The molecule has 12 aliphatic rings. The molecule has 612 valence electrons.